The summed E-state index contributed by atoms with van der Waals surface area (Å²) >= 11 is 3.63. The van der Waals surface area contributed by atoms with Crippen molar-refractivity contribution in [2.24, 2.45) is 17.6 Å². The van der Waals surface area contributed by atoms with Crippen LogP contribution in [-0.2, 0) is 13.0 Å². The molecule has 92 valence electrons. The molecule has 0 aromatic carbocycles. The topological polar surface area (TPSA) is 43.8 Å². The maximum atomic E-state index is 5.71. The maximum absolute atomic E-state index is 5.71. The van der Waals surface area contributed by atoms with Crippen molar-refractivity contribution in [3.63, 3.8) is 0 Å². The van der Waals surface area contributed by atoms with Crippen LogP contribution < -0.4 is 5.73 Å². The summed E-state index contributed by atoms with van der Waals surface area (Å²) in [6, 6.07) is 0. The third-order valence-corrected chi connectivity index (χ3v) is 4.34. The number of halogens is 1. The van der Waals surface area contributed by atoms with E-state index in [2.05, 4.69) is 46.5 Å². The number of aryl methyl sites for hydroxylation is 2. The summed E-state index contributed by atoms with van der Waals surface area (Å²) in [7, 11) is 0. The standard InChI is InChI=1S/C12H22BrN3/c1-5-16-11(12(13)10(4)15-16)6-8(2)9(3)7-14/h8-9H,5-7,14H2,1-4H3. The molecule has 0 aliphatic carbocycles. The van der Waals surface area contributed by atoms with Gasteiger partial charge in [-0.2, -0.15) is 5.10 Å². The van der Waals surface area contributed by atoms with Gasteiger partial charge in [-0.25, -0.2) is 0 Å². The molecule has 2 atom stereocenters. The fourth-order valence-corrected chi connectivity index (χ4v) is 2.25. The minimum Gasteiger partial charge on any atom is -0.330 e. The number of nitrogens with zero attached hydrogens (tertiary/aromatic N) is 2. The Morgan fingerprint density at radius 3 is 2.50 bits per heavy atom. The second kappa shape index (κ2) is 5.82. The third-order valence-electron chi connectivity index (χ3n) is 3.31. The zero-order chi connectivity index (χ0) is 12.3. The molecule has 16 heavy (non-hydrogen) atoms. The molecule has 1 aromatic rings. The minimum absolute atomic E-state index is 0.549. The Labute approximate surface area is 107 Å². The molecule has 2 unspecified atom stereocenters. The van der Waals surface area contributed by atoms with Crippen LogP contribution in [0.15, 0.2) is 4.47 Å². The highest BCUT2D eigenvalue weighted by Gasteiger charge is 2.18. The highest BCUT2D eigenvalue weighted by Crippen LogP contribution is 2.25. The van der Waals surface area contributed by atoms with E-state index in [1.165, 1.54) is 5.69 Å². The van der Waals surface area contributed by atoms with Gasteiger partial charge in [0.15, 0.2) is 0 Å². The highest BCUT2D eigenvalue weighted by molar-refractivity contribution is 9.10. The van der Waals surface area contributed by atoms with E-state index < -0.39 is 0 Å². The van der Waals surface area contributed by atoms with Crippen molar-refractivity contribution < 1.29 is 0 Å². The Balaban J connectivity index is 2.87. The summed E-state index contributed by atoms with van der Waals surface area (Å²) in [5.41, 5.74) is 8.08. The molecule has 0 aliphatic heterocycles. The first-order chi connectivity index (χ1) is 7.51. The van der Waals surface area contributed by atoms with Crippen LogP contribution in [-0.4, -0.2) is 16.3 Å². The molecule has 0 aliphatic rings. The lowest BCUT2D eigenvalue weighted by molar-refractivity contribution is 0.383. The van der Waals surface area contributed by atoms with Crippen molar-refractivity contribution in [1.82, 2.24) is 9.78 Å². The lowest BCUT2D eigenvalue weighted by Gasteiger charge is -2.18. The Morgan fingerprint density at radius 1 is 1.38 bits per heavy atom. The van der Waals surface area contributed by atoms with E-state index in [0.29, 0.717) is 11.8 Å². The molecule has 0 saturated heterocycles. The Hall–Kier alpha value is -0.350. The van der Waals surface area contributed by atoms with Gasteiger partial charge in [0.1, 0.15) is 0 Å². The van der Waals surface area contributed by atoms with Gasteiger partial charge in [0.05, 0.1) is 15.9 Å². The largest absolute Gasteiger partial charge is 0.330 e. The van der Waals surface area contributed by atoms with Gasteiger partial charge in [0.25, 0.3) is 0 Å². The van der Waals surface area contributed by atoms with Gasteiger partial charge in [-0.05, 0) is 54.6 Å². The number of rotatable bonds is 5. The molecule has 1 aromatic heterocycles. The van der Waals surface area contributed by atoms with Crippen LogP contribution in [0, 0.1) is 18.8 Å². The van der Waals surface area contributed by atoms with Crippen LogP contribution in [0.5, 0.6) is 0 Å². The maximum Gasteiger partial charge on any atom is 0.0738 e. The molecule has 3 nitrogen and oxygen atoms in total. The zero-order valence-corrected chi connectivity index (χ0v) is 12.2. The third kappa shape index (κ3) is 2.86. The van der Waals surface area contributed by atoms with E-state index >= 15 is 0 Å². The summed E-state index contributed by atoms with van der Waals surface area (Å²) in [5, 5.41) is 4.51. The van der Waals surface area contributed by atoms with Gasteiger partial charge < -0.3 is 5.73 Å². The van der Waals surface area contributed by atoms with Crippen molar-refractivity contribution >= 4 is 15.9 Å². The van der Waals surface area contributed by atoms with Crippen LogP contribution in [0.25, 0.3) is 0 Å². The Kier molecular flexibility index (Phi) is 4.99. The predicted octanol–water partition coefficient (Wildman–Crippen LogP) is 2.75. The molecule has 0 bridgehead atoms. The lowest BCUT2D eigenvalue weighted by Crippen LogP contribution is -2.21. The lowest BCUT2D eigenvalue weighted by atomic mass is 9.91. The van der Waals surface area contributed by atoms with Gasteiger partial charge in [-0.1, -0.05) is 13.8 Å². The van der Waals surface area contributed by atoms with Crippen LogP contribution in [0.2, 0.25) is 0 Å². The Bertz CT molecular complexity index is 346. The fourth-order valence-electron chi connectivity index (χ4n) is 1.80. The second-order valence-electron chi connectivity index (χ2n) is 4.56. The second-order valence-corrected chi connectivity index (χ2v) is 5.35. The quantitative estimate of drug-likeness (QED) is 0.905. The molecule has 1 rings (SSSR count). The first kappa shape index (κ1) is 13.7. The molecule has 1 heterocycles. The van der Waals surface area contributed by atoms with Gasteiger partial charge >= 0.3 is 0 Å². The molecule has 0 radical (unpaired) electrons. The van der Waals surface area contributed by atoms with Crippen molar-refractivity contribution in [2.45, 2.75) is 40.7 Å². The molecule has 2 N–H and O–H groups in total. The van der Waals surface area contributed by atoms with Crippen LogP contribution in [0.3, 0.4) is 0 Å². The molecule has 0 spiro atoms. The van der Waals surface area contributed by atoms with E-state index in [9.17, 15) is 0 Å². The monoisotopic (exact) mass is 287 g/mol. The summed E-state index contributed by atoms with van der Waals surface area (Å²) in [6.45, 7) is 10.3. The molecular formula is C12H22BrN3. The van der Waals surface area contributed by atoms with Crippen molar-refractivity contribution in [3.8, 4) is 0 Å². The van der Waals surface area contributed by atoms with Crippen molar-refractivity contribution in [3.05, 3.63) is 15.9 Å². The summed E-state index contributed by atoms with van der Waals surface area (Å²) in [4.78, 5) is 0. The first-order valence-electron chi connectivity index (χ1n) is 5.93. The van der Waals surface area contributed by atoms with Crippen LogP contribution >= 0.6 is 15.9 Å². The minimum atomic E-state index is 0.549. The average Bonchev–Trinajstić information content (AvgIpc) is 2.55. The van der Waals surface area contributed by atoms with Gasteiger partial charge in [-0.15, -0.1) is 0 Å². The summed E-state index contributed by atoms with van der Waals surface area (Å²) < 4.78 is 3.24. The predicted molar refractivity (Wildman–Crippen MR) is 71.4 cm³/mol. The normalized spacial score (nSPS) is 15.1. The van der Waals surface area contributed by atoms with E-state index in [0.717, 1.165) is 29.7 Å². The SMILES string of the molecule is CCn1nc(C)c(Br)c1CC(C)C(C)CN. The number of aromatic nitrogens is 2. The summed E-state index contributed by atoms with van der Waals surface area (Å²) in [5.74, 6) is 1.13. The average molecular weight is 288 g/mol. The van der Waals surface area contributed by atoms with Crippen LogP contribution in [0.4, 0.5) is 0 Å². The molecule has 0 fully saturated rings. The Morgan fingerprint density at radius 2 is 2.00 bits per heavy atom. The number of hydrogen-bond donors (Lipinski definition) is 1. The van der Waals surface area contributed by atoms with E-state index in [1.54, 1.807) is 0 Å². The first-order valence-corrected chi connectivity index (χ1v) is 6.72. The molecular weight excluding hydrogens is 266 g/mol. The van der Waals surface area contributed by atoms with E-state index in [-0.39, 0.29) is 0 Å². The van der Waals surface area contributed by atoms with Crippen molar-refractivity contribution in [2.75, 3.05) is 6.54 Å². The fraction of sp³-hybridized carbons (Fsp3) is 0.750. The van der Waals surface area contributed by atoms with E-state index in [4.69, 9.17) is 5.73 Å². The molecule has 4 heteroatoms. The molecule has 0 amide bonds. The smallest absolute Gasteiger partial charge is 0.0738 e. The number of hydrogen-bond acceptors (Lipinski definition) is 2. The highest BCUT2D eigenvalue weighted by atomic mass is 79.9. The van der Waals surface area contributed by atoms with Crippen molar-refractivity contribution in [1.29, 1.82) is 0 Å². The van der Waals surface area contributed by atoms with Gasteiger partial charge in [0.2, 0.25) is 0 Å². The van der Waals surface area contributed by atoms with Crippen LogP contribution in [0.1, 0.15) is 32.2 Å². The summed E-state index contributed by atoms with van der Waals surface area (Å²) in [6.07, 6.45) is 1.04. The molecule has 0 saturated carbocycles. The van der Waals surface area contributed by atoms with Gasteiger partial charge in [0, 0.05) is 6.54 Å². The van der Waals surface area contributed by atoms with Gasteiger partial charge in [-0.3, -0.25) is 4.68 Å². The van der Waals surface area contributed by atoms with E-state index in [1.807, 2.05) is 6.92 Å². The number of nitrogens with two attached hydrogens (primary N) is 1. The zero-order valence-electron chi connectivity index (χ0n) is 10.6.